The van der Waals surface area contributed by atoms with Gasteiger partial charge in [0.05, 0.1) is 12.7 Å². The molecule has 1 aromatic carbocycles. The molecule has 3 nitrogen and oxygen atoms in total. The van der Waals surface area contributed by atoms with Gasteiger partial charge >= 0.3 is 5.97 Å². The number of esters is 1. The van der Waals surface area contributed by atoms with E-state index in [2.05, 4.69) is 17.4 Å². The zero-order valence-electron chi connectivity index (χ0n) is 11.8. The monoisotopic (exact) mass is 283 g/mol. The van der Waals surface area contributed by atoms with Crippen molar-refractivity contribution >= 4 is 18.4 Å². The van der Waals surface area contributed by atoms with Crippen molar-refractivity contribution in [2.24, 2.45) is 0 Å². The quantitative estimate of drug-likeness (QED) is 0.848. The molecule has 0 saturated carbocycles. The molecule has 106 valence electrons. The normalized spacial score (nSPS) is 15.7. The second kappa shape index (κ2) is 6.92. The van der Waals surface area contributed by atoms with Crippen LogP contribution >= 0.6 is 12.4 Å². The van der Waals surface area contributed by atoms with E-state index in [-0.39, 0.29) is 18.4 Å². The summed E-state index contributed by atoms with van der Waals surface area (Å²) in [6.45, 7) is 6.15. The first kappa shape index (κ1) is 16.0. The number of rotatable bonds is 2. The standard InChI is InChI=1S/C15H21NO2.ClH/c1-10-8-13(12-4-6-16-7-5-12)9-11(2)14(10)15(17)18-3;/h8-9,12,16H,4-7H2,1-3H3;1H. The lowest BCUT2D eigenvalue weighted by molar-refractivity contribution is 0.0599. The number of methoxy groups -OCH3 is 1. The molecule has 1 fully saturated rings. The molecule has 0 amide bonds. The fourth-order valence-electron chi connectivity index (χ4n) is 2.81. The van der Waals surface area contributed by atoms with E-state index in [4.69, 9.17) is 4.74 Å². The number of hydrogen-bond acceptors (Lipinski definition) is 3. The number of benzene rings is 1. The van der Waals surface area contributed by atoms with E-state index in [0.29, 0.717) is 5.92 Å². The van der Waals surface area contributed by atoms with Gasteiger partial charge in [0, 0.05) is 0 Å². The van der Waals surface area contributed by atoms with E-state index in [9.17, 15) is 4.79 Å². The molecule has 0 radical (unpaired) electrons. The fourth-order valence-corrected chi connectivity index (χ4v) is 2.81. The van der Waals surface area contributed by atoms with Crippen LogP contribution in [0.25, 0.3) is 0 Å². The van der Waals surface area contributed by atoms with E-state index in [1.807, 2.05) is 13.8 Å². The average Bonchev–Trinajstić information content (AvgIpc) is 2.38. The van der Waals surface area contributed by atoms with Crippen molar-refractivity contribution in [1.29, 1.82) is 0 Å². The largest absolute Gasteiger partial charge is 0.465 e. The molecule has 1 saturated heterocycles. The first-order valence-corrected chi connectivity index (χ1v) is 6.53. The molecule has 1 aliphatic rings. The summed E-state index contributed by atoms with van der Waals surface area (Å²) in [5.41, 5.74) is 4.13. The van der Waals surface area contributed by atoms with Gasteiger partial charge in [-0.15, -0.1) is 12.4 Å². The third-order valence-electron chi connectivity index (χ3n) is 3.76. The van der Waals surface area contributed by atoms with E-state index in [0.717, 1.165) is 29.8 Å². The second-order valence-electron chi connectivity index (χ2n) is 5.05. The Hall–Kier alpha value is -1.06. The van der Waals surface area contributed by atoms with Crippen LogP contribution in [0.2, 0.25) is 0 Å². The van der Waals surface area contributed by atoms with Crippen LogP contribution in [0.5, 0.6) is 0 Å². The van der Waals surface area contributed by atoms with Crippen molar-refractivity contribution in [3.63, 3.8) is 0 Å². The lowest BCUT2D eigenvalue weighted by Gasteiger charge is -2.24. The highest BCUT2D eigenvalue weighted by molar-refractivity contribution is 5.92. The zero-order valence-corrected chi connectivity index (χ0v) is 12.6. The Balaban J connectivity index is 0.00000180. The highest BCUT2D eigenvalue weighted by Gasteiger charge is 2.19. The van der Waals surface area contributed by atoms with E-state index < -0.39 is 0 Å². The summed E-state index contributed by atoms with van der Waals surface area (Å²) in [7, 11) is 1.43. The predicted molar refractivity (Wildman–Crippen MR) is 79.3 cm³/mol. The summed E-state index contributed by atoms with van der Waals surface area (Å²) in [4.78, 5) is 11.7. The smallest absolute Gasteiger partial charge is 0.338 e. The Morgan fingerprint density at radius 1 is 1.21 bits per heavy atom. The van der Waals surface area contributed by atoms with Gasteiger partial charge < -0.3 is 10.1 Å². The van der Waals surface area contributed by atoms with Crippen molar-refractivity contribution in [1.82, 2.24) is 5.32 Å². The molecule has 0 aromatic heterocycles. The maximum Gasteiger partial charge on any atom is 0.338 e. The number of halogens is 1. The minimum Gasteiger partial charge on any atom is -0.465 e. The molecule has 0 aliphatic carbocycles. The van der Waals surface area contributed by atoms with Crippen LogP contribution in [0.4, 0.5) is 0 Å². The summed E-state index contributed by atoms with van der Waals surface area (Å²) < 4.78 is 4.83. The van der Waals surface area contributed by atoms with Crippen molar-refractivity contribution in [2.45, 2.75) is 32.6 Å². The molecule has 1 heterocycles. The SMILES string of the molecule is COC(=O)c1c(C)cc(C2CCNCC2)cc1C.Cl. The highest BCUT2D eigenvalue weighted by Crippen LogP contribution is 2.28. The molecule has 0 spiro atoms. The first-order chi connectivity index (χ1) is 8.63. The van der Waals surface area contributed by atoms with Crippen molar-refractivity contribution in [3.8, 4) is 0 Å². The molecule has 0 atom stereocenters. The van der Waals surface area contributed by atoms with Crippen LogP contribution in [-0.2, 0) is 4.74 Å². The Bertz CT molecular complexity index is 430. The van der Waals surface area contributed by atoms with Gasteiger partial charge in [-0.2, -0.15) is 0 Å². The lowest BCUT2D eigenvalue weighted by atomic mass is 9.87. The number of piperidine rings is 1. The third kappa shape index (κ3) is 3.48. The van der Waals surface area contributed by atoms with Crippen LogP contribution in [-0.4, -0.2) is 26.2 Å². The zero-order chi connectivity index (χ0) is 13.1. The van der Waals surface area contributed by atoms with Crippen LogP contribution in [0, 0.1) is 13.8 Å². The van der Waals surface area contributed by atoms with E-state index in [1.165, 1.54) is 25.5 Å². The Labute approximate surface area is 121 Å². The van der Waals surface area contributed by atoms with Gasteiger partial charge in [0.15, 0.2) is 0 Å². The minimum atomic E-state index is -0.234. The lowest BCUT2D eigenvalue weighted by Crippen LogP contribution is -2.26. The van der Waals surface area contributed by atoms with Crippen LogP contribution < -0.4 is 5.32 Å². The Morgan fingerprint density at radius 2 is 1.74 bits per heavy atom. The van der Waals surface area contributed by atoms with Crippen molar-refractivity contribution < 1.29 is 9.53 Å². The van der Waals surface area contributed by atoms with Gasteiger partial charge in [-0.05, 0) is 62.4 Å². The summed E-state index contributed by atoms with van der Waals surface area (Å²) in [6.07, 6.45) is 2.35. The number of aryl methyl sites for hydroxylation is 2. The van der Waals surface area contributed by atoms with Crippen molar-refractivity contribution in [2.75, 3.05) is 20.2 Å². The molecule has 1 N–H and O–H groups in total. The van der Waals surface area contributed by atoms with E-state index >= 15 is 0 Å². The molecule has 0 bridgehead atoms. The van der Waals surface area contributed by atoms with Gasteiger partial charge in [-0.1, -0.05) is 12.1 Å². The number of carbonyl (C=O) groups is 1. The predicted octanol–water partition coefficient (Wildman–Crippen LogP) is 2.98. The minimum absolute atomic E-state index is 0. The summed E-state index contributed by atoms with van der Waals surface area (Å²) in [6, 6.07) is 4.30. The third-order valence-corrected chi connectivity index (χ3v) is 3.76. The van der Waals surface area contributed by atoms with Gasteiger partial charge in [0.2, 0.25) is 0 Å². The summed E-state index contributed by atoms with van der Waals surface area (Å²) in [5, 5.41) is 3.38. The molecule has 4 heteroatoms. The molecule has 1 aromatic rings. The van der Waals surface area contributed by atoms with E-state index in [1.54, 1.807) is 0 Å². The number of nitrogens with one attached hydrogen (secondary N) is 1. The number of ether oxygens (including phenoxy) is 1. The highest BCUT2D eigenvalue weighted by atomic mass is 35.5. The number of hydrogen-bond donors (Lipinski definition) is 1. The first-order valence-electron chi connectivity index (χ1n) is 6.53. The summed E-state index contributed by atoms with van der Waals surface area (Å²) >= 11 is 0. The van der Waals surface area contributed by atoms with Gasteiger partial charge in [0.1, 0.15) is 0 Å². The van der Waals surface area contributed by atoms with Gasteiger partial charge in [-0.3, -0.25) is 0 Å². The molecule has 19 heavy (non-hydrogen) atoms. The average molecular weight is 284 g/mol. The van der Waals surface area contributed by atoms with Crippen molar-refractivity contribution in [3.05, 3.63) is 34.4 Å². The van der Waals surface area contributed by atoms with Gasteiger partial charge in [-0.25, -0.2) is 4.79 Å². The summed E-state index contributed by atoms with van der Waals surface area (Å²) in [5.74, 6) is 0.386. The van der Waals surface area contributed by atoms with Gasteiger partial charge in [0.25, 0.3) is 0 Å². The maximum atomic E-state index is 11.7. The molecule has 1 aliphatic heterocycles. The van der Waals surface area contributed by atoms with Crippen LogP contribution in [0.15, 0.2) is 12.1 Å². The van der Waals surface area contributed by atoms with Crippen LogP contribution in [0.3, 0.4) is 0 Å². The fraction of sp³-hybridized carbons (Fsp3) is 0.533. The Kier molecular flexibility index (Phi) is 5.83. The molecule has 2 rings (SSSR count). The molecule has 0 unspecified atom stereocenters. The molecular weight excluding hydrogens is 262 g/mol. The Morgan fingerprint density at radius 3 is 2.21 bits per heavy atom. The van der Waals surface area contributed by atoms with Crippen LogP contribution in [0.1, 0.15) is 45.8 Å². The number of carbonyl (C=O) groups excluding carboxylic acids is 1. The maximum absolute atomic E-state index is 11.7. The topological polar surface area (TPSA) is 38.3 Å². The molecular formula is C15H22ClNO2. The second-order valence-corrected chi connectivity index (χ2v) is 5.05.